The van der Waals surface area contributed by atoms with Crippen molar-refractivity contribution in [3.63, 3.8) is 0 Å². The van der Waals surface area contributed by atoms with Gasteiger partial charge in [-0.1, -0.05) is 354 Å². The van der Waals surface area contributed by atoms with E-state index in [0.717, 1.165) is 78.5 Å². The van der Waals surface area contributed by atoms with Crippen molar-refractivity contribution in [1.82, 2.24) is 0 Å². The minimum absolute atomic E-state index is 0.212. The first kappa shape index (κ1) is 59.2. The van der Waals surface area contributed by atoms with Crippen LogP contribution in [0.3, 0.4) is 0 Å². The van der Waals surface area contributed by atoms with Crippen LogP contribution < -0.4 is 26.2 Å². The third-order valence-electron chi connectivity index (χ3n) is 20.6. The lowest BCUT2D eigenvalue weighted by Gasteiger charge is -2.46. The molecular weight excluding hydrogens is 1190 g/mol. The van der Waals surface area contributed by atoms with Crippen molar-refractivity contribution in [2.45, 2.75) is 26.2 Å². The minimum atomic E-state index is -0.291. The fraction of sp³-hybridized carbons (Fsp3) is 0.0417. The SMILES string of the molecule is CC(C)(C)c1cc2c3c(c1)N(c1c(-c4ccccc4)cccc1-c1ccccc1)c1cc(-c4c5ccccc5c(-c5cc(-c6ccccc6)ccc5-c5ccccc5)c5ccccc45)ccc1B3c1cc(-c3ccccc3)ccc1N2c1c(-c2ccccc2)cccc1-c1ccccc1. The normalized spacial score (nSPS) is 12.3. The molecule has 99 heavy (non-hydrogen) atoms. The molecular formula is C96H69BN2. The molecule has 16 aromatic rings. The summed E-state index contributed by atoms with van der Waals surface area (Å²) in [5.74, 6) is 0. The largest absolute Gasteiger partial charge is 0.310 e. The van der Waals surface area contributed by atoms with Crippen LogP contribution in [-0.2, 0) is 5.41 Å². The fourth-order valence-electron chi connectivity index (χ4n) is 16.0. The standard InChI is InChI=1S/C96H69BN2/c1-96(2,3)74-62-89-93-90(63-74)99(95-78(69-41-21-9-22-42-69)51-30-52-79(95)70-43-23-10-24-44-70)88-61-73(91-80-45-25-27-47-82(80)92(83-48-28-26-46-81(83)91)84-59-71(64-31-11-4-12-32-64)53-56-75(84)66-35-15-6-16-36-66)54-57-85(88)97(93)86-60-72(65-33-13-5-14-34-65)55-58-87(86)98(89)94-76(67-37-17-7-18-38-67)49-29-50-77(94)68-39-19-8-20-40-68/h4-63H,1-3H3. The van der Waals surface area contributed by atoms with Crippen molar-refractivity contribution < 1.29 is 0 Å². The molecule has 0 aromatic heterocycles. The highest BCUT2D eigenvalue weighted by molar-refractivity contribution is 7.00. The van der Waals surface area contributed by atoms with E-state index < -0.39 is 0 Å². The molecule has 0 unspecified atom stereocenters. The predicted octanol–water partition coefficient (Wildman–Crippen LogP) is 24.4. The molecule has 2 heterocycles. The molecule has 0 N–H and O–H groups in total. The van der Waals surface area contributed by atoms with Crippen LogP contribution in [-0.4, -0.2) is 6.71 Å². The second-order valence-corrected chi connectivity index (χ2v) is 27.4. The Morgan fingerprint density at radius 1 is 0.222 bits per heavy atom. The van der Waals surface area contributed by atoms with Gasteiger partial charge >= 0.3 is 0 Å². The first-order valence-corrected chi connectivity index (χ1v) is 34.6. The number of rotatable bonds is 11. The summed E-state index contributed by atoms with van der Waals surface area (Å²) in [6.07, 6.45) is 0. The fourth-order valence-corrected chi connectivity index (χ4v) is 16.0. The lowest BCUT2D eigenvalue weighted by atomic mass is 9.33. The summed E-state index contributed by atoms with van der Waals surface area (Å²) in [4.78, 5) is 5.37. The van der Waals surface area contributed by atoms with Crippen LogP contribution in [0.2, 0.25) is 0 Å². The molecule has 0 saturated heterocycles. The maximum Gasteiger partial charge on any atom is 0.252 e. The van der Waals surface area contributed by atoms with Gasteiger partial charge < -0.3 is 9.80 Å². The van der Waals surface area contributed by atoms with Crippen LogP contribution in [0.25, 0.3) is 122 Å². The van der Waals surface area contributed by atoms with Gasteiger partial charge in [-0.05, 0) is 157 Å². The summed E-state index contributed by atoms with van der Waals surface area (Å²) in [7, 11) is 0. The second kappa shape index (κ2) is 24.4. The van der Waals surface area contributed by atoms with Crippen molar-refractivity contribution in [1.29, 1.82) is 0 Å². The van der Waals surface area contributed by atoms with Crippen LogP contribution in [0.5, 0.6) is 0 Å². The molecule has 0 fully saturated rings. The van der Waals surface area contributed by atoms with E-state index in [9.17, 15) is 0 Å². The van der Waals surface area contributed by atoms with Gasteiger partial charge in [-0.2, -0.15) is 0 Å². The zero-order chi connectivity index (χ0) is 66.1. The van der Waals surface area contributed by atoms with Gasteiger partial charge in [0.1, 0.15) is 0 Å². The Kier molecular flexibility index (Phi) is 14.6. The number of hydrogen-bond acceptors (Lipinski definition) is 2. The summed E-state index contributed by atoms with van der Waals surface area (Å²) in [6, 6.07) is 136. The smallest absolute Gasteiger partial charge is 0.252 e. The maximum absolute atomic E-state index is 2.71. The van der Waals surface area contributed by atoms with Crippen molar-refractivity contribution in [2.75, 3.05) is 9.80 Å². The van der Waals surface area contributed by atoms with Crippen molar-refractivity contribution in [3.8, 4) is 100 Å². The minimum Gasteiger partial charge on any atom is -0.310 e. The molecule has 2 aliphatic rings. The van der Waals surface area contributed by atoms with Gasteiger partial charge in [-0.15, -0.1) is 0 Å². The Morgan fingerprint density at radius 2 is 0.576 bits per heavy atom. The molecule has 0 spiro atoms. The number of benzene rings is 16. The van der Waals surface area contributed by atoms with Crippen LogP contribution in [0.4, 0.5) is 34.1 Å². The first-order valence-electron chi connectivity index (χ1n) is 34.6. The van der Waals surface area contributed by atoms with E-state index in [1.807, 2.05) is 0 Å². The molecule has 0 saturated carbocycles. The number of fused-ring (bicyclic) bond motifs is 6. The number of nitrogens with zero attached hydrogens (tertiary/aromatic N) is 2. The Morgan fingerprint density at radius 3 is 1.00 bits per heavy atom. The predicted molar refractivity (Wildman–Crippen MR) is 423 cm³/mol. The van der Waals surface area contributed by atoms with Crippen LogP contribution >= 0.6 is 0 Å². The van der Waals surface area contributed by atoms with Crippen molar-refractivity contribution in [2.24, 2.45) is 0 Å². The molecule has 0 bridgehead atoms. The van der Waals surface area contributed by atoms with Crippen LogP contribution in [0, 0.1) is 0 Å². The Balaban J connectivity index is 0.979. The molecule has 3 heteroatoms. The van der Waals surface area contributed by atoms with Gasteiger partial charge in [0.15, 0.2) is 0 Å². The van der Waals surface area contributed by atoms with Gasteiger partial charge in [0.2, 0.25) is 0 Å². The summed E-state index contributed by atoms with van der Waals surface area (Å²) in [5, 5.41) is 4.80. The molecule has 2 nitrogen and oxygen atoms in total. The third-order valence-corrected chi connectivity index (χ3v) is 20.6. The average molecular weight is 1260 g/mol. The summed E-state index contributed by atoms with van der Waals surface area (Å²) >= 11 is 0. The maximum atomic E-state index is 2.71. The summed E-state index contributed by atoms with van der Waals surface area (Å²) in [5.41, 5.74) is 32.7. The third kappa shape index (κ3) is 10.2. The van der Waals surface area contributed by atoms with Gasteiger partial charge in [0.05, 0.1) is 11.4 Å². The van der Waals surface area contributed by atoms with E-state index in [2.05, 4.69) is 395 Å². The Hall–Kier alpha value is -12.3. The van der Waals surface area contributed by atoms with E-state index in [0.29, 0.717) is 0 Å². The lowest BCUT2D eigenvalue weighted by molar-refractivity contribution is 0.590. The summed E-state index contributed by atoms with van der Waals surface area (Å²) in [6.45, 7) is 6.93. The average Bonchev–Trinajstić information content (AvgIpc) is 0.687. The van der Waals surface area contributed by atoms with E-state index >= 15 is 0 Å². The van der Waals surface area contributed by atoms with Crippen LogP contribution in [0.15, 0.2) is 364 Å². The lowest BCUT2D eigenvalue weighted by Crippen LogP contribution is -2.61. The quantitative estimate of drug-likeness (QED) is 0.0941. The van der Waals surface area contributed by atoms with Gasteiger partial charge in [-0.25, -0.2) is 0 Å². The Labute approximate surface area is 580 Å². The van der Waals surface area contributed by atoms with E-state index in [1.165, 1.54) is 99.3 Å². The van der Waals surface area contributed by atoms with E-state index in [4.69, 9.17) is 0 Å². The van der Waals surface area contributed by atoms with Crippen molar-refractivity contribution in [3.05, 3.63) is 370 Å². The van der Waals surface area contributed by atoms with Crippen LogP contribution in [0.1, 0.15) is 26.3 Å². The molecule has 466 valence electrons. The highest BCUT2D eigenvalue weighted by Crippen LogP contribution is 2.55. The van der Waals surface area contributed by atoms with Gasteiger partial charge in [0, 0.05) is 45.0 Å². The zero-order valence-corrected chi connectivity index (χ0v) is 55.6. The molecule has 0 radical (unpaired) electrons. The molecule has 0 atom stereocenters. The second-order valence-electron chi connectivity index (χ2n) is 27.4. The molecule has 16 aromatic carbocycles. The van der Waals surface area contributed by atoms with E-state index in [-0.39, 0.29) is 12.1 Å². The highest BCUT2D eigenvalue weighted by Gasteiger charge is 2.46. The number of anilines is 6. The molecule has 18 rings (SSSR count). The van der Waals surface area contributed by atoms with Gasteiger partial charge in [0.25, 0.3) is 6.71 Å². The zero-order valence-electron chi connectivity index (χ0n) is 55.6. The number of para-hydroxylation sites is 2. The number of hydrogen-bond donors (Lipinski definition) is 0. The topological polar surface area (TPSA) is 6.48 Å². The molecule has 0 amide bonds. The molecule has 2 aliphatic heterocycles. The van der Waals surface area contributed by atoms with E-state index in [1.54, 1.807) is 0 Å². The van der Waals surface area contributed by atoms with Gasteiger partial charge in [-0.3, -0.25) is 0 Å². The molecule has 0 aliphatic carbocycles. The Bertz CT molecular complexity index is 5580. The first-order chi connectivity index (χ1) is 48.8. The monoisotopic (exact) mass is 1260 g/mol. The van der Waals surface area contributed by atoms with Crippen molar-refractivity contribution >= 4 is 78.8 Å². The highest BCUT2D eigenvalue weighted by atomic mass is 15.2. The summed E-state index contributed by atoms with van der Waals surface area (Å²) < 4.78 is 0.